The molecule has 0 spiro atoms. The van der Waals surface area contributed by atoms with Gasteiger partial charge in [0.05, 0.1) is 17.2 Å². The van der Waals surface area contributed by atoms with E-state index in [1.54, 1.807) is 6.92 Å². The Labute approximate surface area is 132 Å². The van der Waals surface area contributed by atoms with Crippen LogP contribution in [0.15, 0.2) is 18.2 Å². The van der Waals surface area contributed by atoms with Crippen LogP contribution in [0.1, 0.15) is 23.7 Å². The second kappa shape index (κ2) is 6.21. The van der Waals surface area contributed by atoms with E-state index < -0.39 is 33.8 Å². The molecule has 1 aliphatic heterocycles. The molecule has 1 amide bonds. The molecule has 0 aliphatic carbocycles. The summed E-state index contributed by atoms with van der Waals surface area (Å²) in [4.78, 5) is 24.8. The van der Waals surface area contributed by atoms with E-state index in [4.69, 9.17) is 16.3 Å². The first kappa shape index (κ1) is 16.7. The van der Waals surface area contributed by atoms with Gasteiger partial charge in [0.15, 0.2) is 0 Å². The van der Waals surface area contributed by atoms with Crippen molar-refractivity contribution in [3.63, 3.8) is 0 Å². The van der Waals surface area contributed by atoms with Gasteiger partial charge >= 0.3 is 16.2 Å². The number of amides is 1. The molecule has 1 unspecified atom stereocenters. The molecule has 0 bridgehead atoms. The van der Waals surface area contributed by atoms with Gasteiger partial charge in [0.2, 0.25) is 5.91 Å². The number of nitrogens with zero attached hydrogens (tertiary/aromatic N) is 1. The Hall–Kier alpha value is -1.67. The topological polar surface area (TPSA) is 80.8 Å². The van der Waals surface area contributed by atoms with Crippen LogP contribution in [0.2, 0.25) is 5.02 Å². The maximum Gasteiger partial charge on any atom is 0.339 e. The average molecular weight is 350 g/mol. The highest BCUT2D eigenvalue weighted by Gasteiger charge is 2.39. The zero-order valence-corrected chi connectivity index (χ0v) is 13.2. The molecule has 0 radical (unpaired) electrons. The fourth-order valence-corrected chi connectivity index (χ4v) is 3.02. The lowest BCUT2D eigenvalue weighted by Crippen LogP contribution is -2.27. The average Bonchev–Trinajstić information content (AvgIpc) is 2.82. The van der Waals surface area contributed by atoms with Gasteiger partial charge in [-0.25, -0.2) is 4.79 Å². The van der Waals surface area contributed by atoms with E-state index in [1.807, 2.05) is 0 Å². The predicted octanol–water partition coefficient (Wildman–Crippen LogP) is 1.92. The zero-order valence-electron chi connectivity index (χ0n) is 11.6. The normalized spacial score (nSPS) is 18.6. The van der Waals surface area contributed by atoms with Crippen LogP contribution in [0, 0.1) is 0 Å². The van der Waals surface area contributed by atoms with E-state index in [0.29, 0.717) is 0 Å². The number of hydrogen-bond donors (Lipinski definition) is 0. The molecule has 1 aliphatic rings. The third kappa shape index (κ3) is 3.38. The Morgan fingerprint density at radius 2 is 2.18 bits per heavy atom. The monoisotopic (exact) mass is 349 g/mol. The molecular formula is C13H13ClFNO5S. The van der Waals surface area contributed by atoms with Crippen LogP contribution in [-0.2, 0) is 19.8 Å². The van der Waals surface area contributed by atoms with E-state index in [0.717, 1.165) is 4.90 Å². The minimum absolute atomic E-state index is 0.0559. The summed E-state index contributed by atoms with van der Waals surface area (Å²) in [6.45, 7) is 1.49. The summed E-state index contributed by atoms with van der Waals surface area (Å²) in [5.41, 5.74) is 0.323. The van der Waals surface area contributed by atoms with Crippen molar-refractivity contribution >= 4 is 39.4 Å². The maximum atomic E-state index is 13.0. The van der Waals surface area contributed by atoms with Gasteiger partial charge in [-0.1, -0.05) is 11.6 Å². The van der Waals surface area contributed by atoms with Crippen LogP contribution < -0.4 is 4.90 Å². The first-order valence-corrected chi connectivity index (χ1v) is 8.27. The number of carbonyl (C=O) groups excluding carboxylic acids is 2. The van der Waals surface area contributed by atoms with Crippen LogP contribution in [0.5, 0.6) is 0 Å². The molecule has 0 aromatic heterocycles. The number of rotatable bonds is 4. The molecule has 9 heteroatoms. The maximum absolute atomic E-state index is 13.0. The molecule has 1 aromatic rings. The number of carbonyl (C=O) groups is 2. The van der Waals surface area contributed by atoms with Crippen molar-refractivity contribution in [1.29, 1.82) is 0 Å². The van der Waals surface area contributed by atoms with E-state index in [9.17, 15) is 21.9 Å². The molecule has 0 N–H and O–H groups in total. The number of anilines is 1. The van der Waals surface area contributed by atoms with Gasteiger partial charge in [-0.05, 0) is 25.1 Å². The Morgan fingerprint density at radius 1 is 1.50 bits per heavy atom. The Bertz CT molecular complexity index is 721. The Morgan fingerprint density at radius 3 is 2.73 bits per heavy atom. The Balaban J connectivity index is 2.32. The molecule has 1 fully saturated rings. The predicted molar refractivity (Wildman–Crippen MR) is 78.2 cm³/mol. The van der Waals surface area contributed by atoms with Crippen molar-refractivity contribution in [1.82, 2.24) is 0 Å². The second-order valence-corrected chi connectivity index (χ2v) is 6.72. The van der Waals surface area contributed by atoms with Crippen molar-refractivity contribution in [3.8, 4) is 0 Å². The van der Waals surface area contributed by atoms with Crippen molar-refractivity contribution in [2.45, 2.75) is 18.6 Å². The van der Waals surface area contributed by atoms with Crippen LogP contribution in [-0.4, -0.2) is 38.7 Å². The van der Waals surface area contributed by atoms with Crippen molar-refractivity contribution in [3.05, 3.63) is 28.8 Å². The molecule has 120 valence electrons. The first-order valence-electron chi connectivity index (χ1n) is 6.44. The standard InChI is InChI=1S/C13H13ClFNO5S/c1-2-21-13(18)10-5-8(3-4-11(10)14)16-7-9(6-12(16)17)22(15,19)20/h3-5,9H,2,6-7H2,1H3. The number of ether oxygens (including phenoxy) is 1. The SMILES string of the molecule is CCOC(=O)c1cc(N2CC(S(=O)(=O)F)CC2=O)ccc1Cl. The van der Waals surface area contributed by atoms with E-state index in [1.165, 1.54) is 18.2 Å². The molecule has 2 rings (SSSR count). The lowest BCUT2D eigenvalue weighted by atomic mass is 10.2. The number of benzene rings is 1. The van der Waals surface area contributed by atoms with Gasteiger partial charge in [0, 0.05) is 18.7 Å². The van der Waals surface area contributed by atoms with Gasteiger partial charge in [0.25, 0.3) is 0 Å². The fourth-order valence-electron chi connectivity index (χ4n) is 2.16. The number of halogens is 2. The van der Waals surface area contributed by atoms with Gasteiger partial charge in [-0.15, -0.1) is 3.89 Å². The Kier molecular flexibility index (Phi) is 4.72. The molecule has 1 saturated heterocycles. The van der Waals surface area contributed by atoms with Crippen LogP contribution in [0.4, 0.5) is 9.57 Å². The van der Waals surface area contributed by atoms with Crippen molar-refractivity contribution < 1.29 is 26.6 Å². The summed E-state index contributed by atoms with van der Waals surface area (Å²) in [5.74, 6) is -1.20. The zero-order chi connectivity index (χ0) is 16.5. The highest BCUT2D eigenvalue weighted by molar-refractivity contribution is 7.87. The molecule has 1 atom stereocenters. The van der Waals surface area contributed by atoms with Gasteiger partial charge < -0.3 is 9.64 Å². The summed E-state index contributed by atoms with van der Waals surface area (Å²) < 4.78 is 39.7. The lowest BCUT2D eigenvalue weighted by Gasteiger charge is -2.17. The summed E-state index contributed by atoms with van der Waals surface area (Å²) in [6, 6.07) is 4.18. The first-order chi connectivity index (χ1) is 10.2. The third-order valence-electron chi connectivity index (χ3n) is 3.24. The van der Waals surface area contributed by atoms with E-state index in [-0.39, 0.29) is 29.4 Å². The molecule has 1 heterocycles. The van der Waals surface area contributed by atoms with Crippen LogP contribution >= 0.6 is 11.6 Å². The summed E-state index contributed by atoms with van der Waals surface area (Å²) >= 11 is 5.91. The second-order valence-electron chi connectivity index (χ2n) is 4.69. The quantitative estimate of drug-likeness (QED) is 0.612. The van der Waals surface area contributed by atoms with Gasteiger partial charge in [-0.2, -0.15) is 8.42 Å². The highest BCUT2D eigenvalue weighted by atomic mass is 35.5. The smallest absolute Gasteiger partial charge is 0.339 e. The van der Waals surface area contributed by atoms with Gasteiger partial charge in [0.1, 0.15) is 5.25 Å². The van der Waals surface area contributed by atoms with Crippen LogP contribution in [0.25, 0.3) is 0 Å². The largest absolute Gasteiger partial charge is 0.462 e. The molecule has 22 heavy (non-hydrogen) atoms. The van der Waals surface area contributed by atoms with Crippen molar-refractivity contribution in [2.75, 3.05) is 18.1 Å². The molecule has 0 saturated carbocycles. The number of esters is 1. The minimum atomic E-state index is -4.80. The van der Waals surface area contributed by atoms with E-state index >= 15 is 0 Å². The number of hydrogen-bond acceptors (Lipinski definition) is 5. The fraction of sp³-hybridized carbons (Fsp3) is 0.385. The van der Waals surface area contributed by atoms with Crippen molar-refractivity contribution in [2.24, 2.45) is 0 Å². The van der Waals surface area contributed by atoms with Crippen LogP contribution in [0.3, 0.4) is 0 Å². The van der Waals surface area contributed by atoms with Gasteiger partial charge in [-0.3, -0.25) is 4.79 Å². The molecule has 6 nitrogen and oxygen atoms in total. The molecule has 1 aromatic carbocycles. The summed E-state index contributed by atoms with van der Waals surface area (Å²) in [5, 5.41) is -1.26. The van der Waals surface area contributed by atoms with E-state index in [2.05, 4.69) is 0 Å². The highest BCUT2D eigenvalue weighted by Crippen LogP contribution is 2.29. The molecular weight excluding hydrogens is 337 g/mol. The third-order valence-corrected chi connectivity index (χ3v) is 4.69. The minimum Gasteiger partial charge on any atom is -0.462 e. The lowest BCUT2D eigenvalue weighted by molar-refractivity contribution is -0.117. The summed E-state index contributed by atoms with van der Waals surface area (Å²) in [7, 11) is -4.80. The summed E-state index contributed by atoms with van der Waals surface area (Å²) in [6.07, 6.45) is -0.434.